The van der Waals surface area contributed by atoms with Crippen LogP contribution in [0.1, 0.15) is 36.7 Å². The number of likely N-dealkylation sites (N-methyl/N-ethyl adjacent to an activating group) is 1. The van der Waals surface area contributed by atoms with Gasteiger partial charge in [0.05, 0.1) is 22.2 Å². The van der Waals surface area contributed by atoms with Gasteiger partial charge in [-0.3, -0.25) is 4.79 Å². The highest BCUT2D eigenvalue weighted by molar-refractivity contribution is 6.37. The molecule has 0 saturated carbocycles. The van der Waals surface area contributed by atoms with Crippen LogP contribution in [0.4, 0.5) is 5.69 Å². The monoisotopic (exact) mass is 447 g/mol. The van der Waals surface area contributed by atoms with Gasteiger partial charge < -0.3 is 14.4 Å². The Kier molecular flexibility index (Phi) is 6.44. The van der Waals surface area contributed by atoms with Crippen LogP contribution in [0.15, 0.2) is 48.2 Å². The van der Waals surface area contributed by atoms with E-state index in [0.29, 0.717) is 0 Å². The molecule has 0 atom stereocenters. The zero-order chi connectivity index (χ0) is 22.1. The van der Waals surface area contributed by atoms with E-state index in [-0.39, 0.29) is 45.8 Å². The number of para-hydroxylation sites is 1. The molecule has 0 radical (unpaired) electrons. The van der Waals surface area contributed by atoms with Crippen LogP contribution in [0, 0.1) is 0 Å². The summed E-state index contributed by atoms with van der Waals surface area (Å²) in [5, 5.41) is 0.272. The van der Waals surface area contributed by atoms with Gasteiger partial charge in [0.2, 0.25) is 0 Å². The van der Waals surface area contributed by atoms with Crippen molar-refractivity contribution in [3.63, 3.8) is 0 Å². The normalized spacial score (nSPS) is 15.8. The van der Waals surface area contributed by atoms with Crippen LogP contribution in [-0.2, 0) is 14.9 Å². The fourth-order valence-corrected chi connectivity index (χ4v) is 4.22. The number of anilines is 1. The zero-order valence-corrected chi connectivity index (χ0v) is 18.8. The number of esters is 1. The van der Waals surface area contributed by atoms with Crippen LogP contribution in [0.5, 0.6) is 5.75 Å². The first-order valence-corrected chi connectivity index (χ1v) is 10.3. The van der Waals surface area contributed by atoms with Crippen LogP contribution in [0.25, 0.3) is 0 Å². The lowest BCUT2D eigenvalue weighted by Gasteiger charge is -2.24. The average Bonchev–Trinajstić information content (AvgIpc) is 2.88. The Bertz CT molecular complexity index is 1010. The van der Waals surface area contributed by atoms with Gasteiger partial charge in [0.1, 0.15) is 0 Å². The van der Waals surface area contributed by atoms with Crippen molar-refractivity contribution in [3.05, 3.63) is 69.3 Å². The standard InChI is InChI=1S/C23H23Cl2NO4/c1-5-29-22(28)14-10-17(24)21(18(25)11-14)30-13-15(27)12-20-23(2,3)16-8-6-7-9-19(16)26(20)4/h6-12H,5,13H2,1-4H3. The number of allylic oxidation sites excluding steroid dienone is 1. The molecule has 0 bridgehead atoms. The summed E-state index contributed by atoms with van der Waals surface area (Å²) < 4.78 is 10.5. The summed E-state index contributed by atoms with van der Waals surface area (Å²) in [5.74, 6) is -0.598. The number of hydrogen-bond donors (Lipinski definition) is 0. The molecule has 3 rings (SSSR count). The Morgan fingerprint density at radius 3 is 2.37 bits per heavy atom. The van der Waals surface area contributed by atoms with E-state index in [1.54, 1.807) is 13.0 Å². The summed E-state index contributed by atoms with van der Waals surface area (Å²) in [6.07, 6.45) is 1.59. The Hall–Kier alpha value is -2.50. The SMILES string of the molecule is CCOC(=O)c1cc(Cl)c(OCC(=O)C=C2N(C)c3ccccc3C2(C)C)c(Cl)c1. The van der Waals surface area contributed by atoms with Crippen molar-refractivity contribution >= 4 is 40.6 Å². The van der Waals surface area contributed by atoms with Crippen LogP contribution in [-0.4, -0.2) is 32.0 Å². The fraction of sp³-hybridized carbons (Fsp3) is 0.304. The number of halogens is 2. The van der Waals surface area contributed by atoms with E-state index in [1.807, 2.05) is 30.1 Å². The molecular weight excluding hydrogens is 425 g/mol. The lowest BCUT2D eigenvalue weighted by atomic mass is 9.83. The molecule has 1 heterocycles. The molecule has 158 valence electrons. The summed E-state index contributed by atoms with van der Waals surface area (Å²) >= 11 is 12.4. The van der Waals surface area contributed by atoms with Gasteiger partial charge in [0.15, 0.2) is 18.1 Å². The lowest BCUT2D eigenvalue weighted by Crippen LogP contribution is -2.25. The molecule has 2 aromatic carbocycles. The topological polar surface area (TPSA) is 55.8 Å². The minimum Gasteiger partial charge on any atom is -0.482 e. The number of fused-ring (bicyclic) bond motifs is 1. The van der Waals surface area contributed by atoms with Crippen molar-refractivity contribution in [1.82, 2.24) is 0 Å². The number of carbonyl (C=O) groups excluding carboxylic acids is 2. The van der Waals surface area contributed by atoms with Crippen molar-refractivity contribution in [2.24, 2.45) is 0 Å². The van der Waals surface area contributed by atoms with E-state index in [1.165, 1.54) is 12.1 Å². The molecule has 2 aromatic rings. The molecular formula is C23H23Cl2NO4. The van der Waals surface area contributed by atoms with Crippen LogP contribution in [0.2, 0.25) is 10.0 Å². The minimum atomic E-state index is -0.528. The van der Waals surface area contributed by atoms with Crippen molar-refractivity contribution < 1.29 is 19.1 Å². The van der Waals surface area contributed by atoms with Gasteiger partial charge in [0, 0.05) is 29.9 Å². The molecule has 0 fully saturated rings. The van der Waals surface area contributed by atoms with E-state index >= 15 is 0 Å². The maximum atomic E-state index is 12.7. The number of hydrogen-bond acceptors (Lipinski definition) is 5. The van der Waals surface area contributed by atoms with Crippen LogP contribution in [0.3, 0.4) is 0 Å². The highest BCUT2D eigenvalue weighted by Gasteiger charge is 2.38. The third-order valence-electron chi connectivity index (χ3n) is 5.11. The second kappa shape index (κ2) is 8.70. The first-order chi connectivity index (χ1) is 14.2. The van der Waals surface area contributed by atoms with Gasteiger partial charge in [-0.2, -0.15) is 0 Å². The second-order valence-electron chi connectivity index (χ2n) is 7.48. The van der Waals surface area contributed by atoms with E-state index in [4.69, 9.17) is 32.7 Å². The third-order valence-corrected chi connectivity index (χ3v) is 5.67. The summed E-state index contributed by atoms with van der Waals surface area (Å²) in [4.78, 5) is 26.5. The Morgan fingerprint density at radius 1 is 1.13 bits per heavy atom. The quantitative estimate of drug-likeness (QED) is 0.436. The summed E-state index contributed by atoms with van der Waals surface area (Å²) in [7, 11) is 1.94. The maximum Gasteiger partial charge on any atom is 0.338 e. The zero-order valence-electron chi connectivity index (χ0n) is 17.3. The highest BCUT2D eigenvalue weighted by Crippen LogP contribution is 2.46. The molecule has 0 aliphatic carbocycles. The smallest absolute Gasteiger partial charge is 0.338 e. The average molecular weight is 448 g/mol. The number of nitrogens with zero attached hydrogens (tertiary/aromatic N) is 1. The highest BCUT2D eigenvalue weighted by atomic mass is 35.5. The largest absolute Gasteiger partial charge is 0.482 e. The first kappa shape index (κ1) is 22.2. The van der Waals surface area contributed by atoms with Gasteiger partial charge in [-0.15, -0.1) is 0 Å². The van der Waals surface area contributed by atoms with Gasteiger partial charge >= 0.3 is 5.97 Å². The van der Waals surface area contributed by atoms with Gasteiger partial charge in [-0.25, -0.2) is 4.79 Å². The van der Waals surface area contributed by atoms with E-state index in [2.05, 4.69) is 19.9 Å². The molecule has 0 amide bonds. The van der Waals surface area contributed by atoms with Crippen molar-refractivity contribution in [1.29, 1.82) is 0 Å². The molecule has 0 unspecified atom stereocenters. The molecule has 30 heavy (non-hydrogen) atoms. The van der Waals surface area contributed by atoms with E-state index in [0.717, 1.165) is 16.9 Å². The molecule has 0 aromatic heterocycles. The van der Waals surface area contributed by atoms with E-state index < -0.39 is 5.97 Å². The Labute approximate surface area is 186 Å². The number of carbonyl (C=O) groups is 2. The van der Waals surface area contributed by atoms with Crippen molar-refractivity contribution in [2.75, 3.05) is 25.2 Å². The minimum absolute atomic E-state index is 0.136. The molecule has 5 nitrogen and oxygen atoms in total. The van der Waals surface area contributed by atoms with Crippen LogP contribution < -0.4 is 9.64 Å². The fourth-order valence-electron chi connectivity index (χ4n) is 3.63. The van der Waals surface area contributed by atoms with Crippen molar-refractivity contribution in [3.8, 4) is 5.75 Å². The summed E-state index contributed by atoms with van der Waals surface area (Å²) in [6, 6.07) is 10.9. The van der Waals surface area contributed by atoms with Crippen molar-refractivity contribution in [2.45, 2.75) is 26.2 Å². The Morgan fingerprint density at radius 2 is 1.77 bits per heavy atom. The maximum absolute atomic E-state index is 12.7. The number of ether oxygens (including phenoxy) is 2. The van der Waals surface area contributed by atoms with Gasteiger partial charge in [-0.05, 0) is 30.7 Å². The number of rotatable bonds is 6. The molecule has 7 heteroatoms. The molecule has 1 aliphatic heterocycles. The molecule has 0 N–H and O–H groups in total. The molecule has 1 aliphatic rings. The first-order valence-electron chi connectivity index (χ1n) is 9.54. The van der Waals surface area contributed by atoms with Gasteiger partial charge in [-0.1, -0.05) is 55.2 Å². The predicted molar refractivity (Wildman–Crippen MR) is 119 cm³/mol. The predicted octanol–water partition coefficient (Wildman–Crippen LogP) is 5.43. The molecule has 0 saturated heterocycles. The van der Waals surface area contributed by atoms with Crippen LogP contribution >= 0.6 is 23.2 Å². The number of ketones is 1. The second-order valence-corrected chi connectivity index (χ2v) is 8.29. The van der Waals surface area contributed by atoms with Gasteiger partial charge in [0.25, 0.3) is 0 Å². The lowest BCUT2D eigenvalue weighted by molar-refractivity contribution is -0.116. The van der Waals surface area contributed by atoms with E-state index in [9.17, 15) is 9.59 Å². The summed E-state index contributed by atoms with van der Waals surface area (Å²) in [5.41, 5.74) is 3.03. The Balaban J connectivity index is 1.76. The number of benzene rings is 2. The third kappa shape index (κ3) is 4.18. The summed E-state index contributed by atoms with van der Waals surface area (Å²) in [6.45, 7) is 5.88. The molecule has 0 spiro atoms.